The van der Waals surface area contributed by atoms with Crippen LogP contribution in [0.4, 0.5) is 0 Å². The van der Waals surface area contributed by atoms with Crippen LogP contribution >= 0.6 is 11.8 Å². The van der Waals surface area contributed by atoms with Gasteiger partial charge >= 0.3 is 0 Å². The lowest BCUT2D eigenvalue weighted by Crippen LogP contribution is -2.40. The lowest BCUT2D eigenvalue weighted by atomic mass is 10.2. The number of hydroxylamine groups is 2. The first kappa shape index (κ1) is 15.1. The first-order chi connectivity index (χ1) is 10.6. The van der Waals surface area contributed by atoms with Gasteiger partial charge in [0.2, 0.25) is 0 Å². The van der Waals surface area contributed by atoms with Crippen LogP contribution in [-0.2, 0) is 9.63 Å². The average Bonchev–Trinajstić information content (AvgIpc) is 2.55. The van der Waals surface area contributed by atoms with Gasteiger partial charge in [0, 0.05) is 6.54 Å². The lowest BCUT2D eigenvalue weighted by Gasteiger charge is -2.27. The maximum absolute atomic E-state index is 12.3. The Morgan fingerprint density at radius 3 is 3.00 bits per heavy atom. The minimum Gasteiger partial charge on any atom is -0.301 e. The fourth-order valence-corrected chi connectivity index (χ4v) is 3.17. The summed E-state index contributed by atoms with van der Waals surface area (Å²) in [5, 5.41) is 2.04. The third-order valence-corrected chi connectivity index (χ3v) is 4.45. The molecule has 7 heteroatoms. The number of aromatic amines is 1. The molecule has 6 nitrogen and oxygen atoms in total. The minimum atomic E-state index is -0.373. The van der Waals surface area contributed by atoms with Crippen LogP contribution in [0.3, 0.4) is 0 Å². The van der Waals surface area contributed by atoms with Gasteiger partial charge in [-0.2, -0.15) is 0 Å². The van der Waals surface area contributed by atoms with E-state index in [1.807, 2.05) is 6.07 Å². The molecule has 22 heavy (non-hydrogen) atoms. The molecule has 1 N–H and O–H groups in total. The van der Waals surface area contributed by atoms with Crippen LogP contribution < -0.4 is 5.56 Å². The molecule has 2 heterocycles. The number of hydrogen-bond acceptors (Lipinski definition) is 5. The maximum Gasteiger partial charge on any atom is 0.259 e. The van der Waals surface area contributed by atoms with E-state index in [1.165, 1.54) is 16.8 Å². The van der Waals surface area contributed by atoms with Crippen LogP contribution in [-0.4, -0.2) is 39.3 Å². The summed E-state index contributed by atoms with van der Waals surface area (Å²) in [6.45, 7) is 2.99. The molecular formula is C15H17N3O3S. The number of fused-ring (bicyclic) bond motifs is 1. The number of rotatable bonds is 3. The highest BCUT2D eigenvalue weighted by atomic mass is 32.2. The molecule has 1 saturated heterocycles. The number of nitrogens with one attached hydrogen (secondary N) is 1. The Hall–Kier alpha value is -1.86. The molecule has 1 aliphatic heterocycles. The van der Waals surface area contributed by atoms with Crippen LogP contribution in [0.15, 0.2) is 34.2 Å². The van der Waals surface area contributed by atoms with E-state index in [9.17, 15) is 9.59 Å². The average molecular weight is 319 g/mol. The topological polar surface area (TPSA) is 75.3 Å². The molecule has 0 aliphatic carbocycles. The van der Waals surface area contributed by atoms with Gasteiger partial charge in [-0.3, -0.25) is 14.4 Å². The number of amides is 1. The molecule has 1 fully saturated rings. The zero-order chi connectivity index (χ0) is 15.5. The summed E-state index contributed by atoms with van der Waals surface area (Å²) < 4.78 is 0. The number of para-hydroxylation sites is 1. The molecule has 1 atom stereocenters. The molecule has 0 radical (unpaired) electrons. The zero-order valence-corrected chi connectivity index (χ0v) is 13.1. The highest BCUT2D eigenvalue weighted by molar-refractivity contribution is 8.00. The van der Waals surface area contributed by atoms with Gasteiger partial charge in [0.05, 0.1) is 22.8 Å². The van der Waals surface area contributed by atoms with E-state index in [0.717, 1.165) is 12.8 Å². The van der Waals surface area contributed by atoms with Gasteiger partial charge in [-0.15, -0.1) is 0 Å². The van der Waals surface area contributed by atoms with Crippen molar-refractivity contribution in [3.8, 4) is 0 Å². The first-order valence-electron chi connectivity index (χ1n) is 7.25. The molecule has 3 rings (SSSR count). The fourth-order valence-electron chi connectivity index (χ4n) is 2.31. The number of H-pyrrole nitrogens is 1. The van der Waals surface area contributed by atoms with Crippen LogP contribution in [0.2, 0.25) is 0 Å². The summed E-state index contributed by atoms with van der Waals surface area (Å²) in [4.78, 5) is 36.8. The van der Waals surface area contributed by atoms with Crippen LogP contribution in [0.25, 0.3) is 10.9 Å². The Morgan fingerprint density at radius 1 is 1.41 bits per heavy atom. The zero-order valence-electron chi connectivity index (χ0n) is 12.2. The van der Waals surface area contributed by atoms with E-state index in [-0.39, 0.29) is 16.7 Å². The van der Waals surface area contributed by atoms with Gasteiger partial charge in [-0.1, -0.05) is 23.9 Å². The van der Waals surface area contributed by atoms with Crippen molar-refractivity contribution in [1.29, 1.82) is 0 Å². The number of aromatic nitrogens is 2. The Labute approximate surface area is 131 Å². The van der Waals surface area contributed by atoms with E-state index in [1.54, 1.807) is 25.1 Å². The Bertz CT molecular complexity index is 740. The van der Waals surface area contributed by atoms with Crippen LogP contribution in [0.5, 0.6) is 0 Å². The second kappa shape index (κ2) is 6.50. The second-order valence-corrected chi connectivity index (χ2v) is 6.46. The van der Waals surface area contributed by atoms with Crippen LogP contribution in [0.1, 0.15) is 19.8 Å². The highest BCUT2D eigenvalue weighted by Crippen LogP contribution is 2.22. The Kier molecular flexibility index (Phi) is 4.44. The number of nitrogens with zero attached hydrogens (tertiary/aromatic N) is 2. The van der Waals surface area contributed by atoms with E-state index >= 15 is 0 Å². The molecule has 1 aromatic heterocycles. The van der Waals surface area contributed by atoms with Crippen molar-refractivity contribution in [2.45, 2.75) is 30.2 Å². The number of hydrogen-bond donors (Lipinski definition) is 1. The van der Waals surface area contributed by atoms with Gasteiger partial charge < -0.3 is 4.98 Å². The first-order valence-corrected chi connectivity index (χ1v) is 8.13. The number of carbonyl (C=O) groups is 1. The summed E-state index contributed by atoms with van der Waals surface area (Å²) in [7, 11) is 0. The summed E-state index contributed by atoms with van der Waals surface area (Å²) in [5.41, 5.74) is 0.435. The second-order valence-electron chi connectivity index (χ2n) is 5.13. The lowest BCUT2D eigenvalue weighted by molar-refractivity contribution is -0.196. The molecule has 0 bridgehead atoms. The SMILES string of the molecule is CC(Sc1nc2ccccc2c(=O)[nH]1)C(=O)N1CCCCO1. The highest BCUT2D eigenvalue weighted by Gasteiger charge is 2.25. The van der Waals surface area contributed by atoms with Crippen molar-refractivity contribution in [2.75, 3.05) is 13.2 Å². The molecule has 0 spiro atoms. The molecule has 1 amide bonds. The summed E-state index contributed by atoms with van der Waals surface area (Å²) in [6.07, 6.45) is 1.93. The van der Waals surface area contributed by atoms with Crippen molar-refractivity contribution in [3.05, 3.63) is 34.6 Å². The molecule has 1 unspecified atom stereocenters. The van der Waals surface area contributed by atoms with E-state index in [0.29, 0.717) is 29.2 Å². The van der Waals surface area contributed by atoms with Gasteiger partial charge in [0.25, 0.3) is 11.5 Å². The minimum absolute atomic E-state index is 0.0968. The fraction of sp³-hybridized carbons (Fsp3) is 0.400. The van der Waals surface area contributed by atoms with E-state index < -0.39 is 0 Å². The summed E-state index contributed by atoms with van der Waals surface area (Å²) in [6, 6.07) is 7.14. The van der Waals surface area contributed by atoms with Crippen LogP contribution in [0, 0.1) is 0 Å². The van der Waals surface area contributed by atoms with Crippen molar-refractivity contribution >= 4 is 28.6 Å². The quantitative estimate of drug-likeness (QED) is 0.691. The number of carbonyl (C=O) groups excluding carboxylic acids is 1. The van der Waals surface area contributed by atoms with Gasteiger partial charge in [0.15, 0.2) is 5.16 Å². The van der Waals surface area contributed by atoms with E-state index in [2.05, 4.69) is 9.97 Å². The molecular weight excluding hydrogens is 302 g/mol. The van der Waals surface area contributed by atoms with E-state index in [4.69, 9.17) is 4.84 Å². The smallest absolute Gasteiger partial charge is 0.259 e. The van der Waals surface area contributed by atoms with Gasteiger partial charge in [-0.25, -0.2) is 10.0 Å². The summed E-state index contributed by atoms with van der Waals surface area (Å²) in [5.74, 6) is -0.0968. The number of thioether (sulfide) groups is 1. The number of benzene rings is 1. The standard InChI is InChI=1S/C15H17N3O3S/c1-10(14(20)18-8-4-5-9-21-18)22-15-16-12-7-3-2-6-11(12)13(19)17-15/h2-3,6-7,10H,4-5,8-9H2,1H3,(H,16,17,19). The molecule has 116 valence electrons. The van der Waals surface area contributed by atoms with Crippen molar-refractivity contribution in [3.63, 3.8) is 0 Å². The van der Waals surface area contributed by atoms with Crippen molar-refractivity contribution < 1.29 is 9.63 Å². The van der Waals surface area contributed by atoms with Gasteiger partial charge in [-0.05, 0) is 31.9 Å². The predicted octanol–water partition coefficient (Wildman–Crippen LogP) is 1.96. The Balaban J connectivity index is 1.77. The third kappa shape index (κ3) is 3.15. The largest absolute Gasteiger partial charge is 0.301 e. The predicted molar refractivity (Wildman–Crippen MR) is 84.6 cm³/mol. The third-order valence-electron chi connectivity index (χ3n) is 3.48. The normalized spacial score (nSPS) is 16.7. The Morgan fingerprint density at radius 2 is 2.23 bits per heavy atom. The molecule has 0 saturated carbocycles. The molecule has 1 aromatic carbocycles. The molecule has 1 aliphatic rings. The summed E-state index contributed by atoms with van der Waals surface area (Å²) >= 11 is 1.24. The van der Waals surface area contributed by atoms with Crippen molar-refractivity contribution in [1.82, 2.24) is 15.0 Å². The molecule has 2 aromatic rings. The monoisotopic (exact) mass is 319 g/mol. The maximum atomic E-state index is 12.3. The van der Waals surface area contributed by atoms with Crippen molar-refractivity contribution in [2.24, 2.45) is 0 Å². The van der Waals surface area contributed by atoms with Gasteiger partial charge in [0.1, 0.15) is 0 Å².